The fourth-order valence-corrected chi connectivity index (χ4v) is 2.70. The lowest BCUT2D eigenvalue weighted by Gasteiger charge is -2.22. The maximum atomic E-state index is 12.5. The summed E-state index contributed by atoms with van der Waals surface area (Å²) >= 11 is -0.165. The van der Waals surface area contributed by atoms with Gasteiger partial charge in [0.15, 0.2) is 5.96 Å². The molecule has 2 aromatic carbocycles. The number of hydrogen-bond donors (Lipinski definition) is 2. The van der Waals surface area contributed by atoms with Crippen molar-refractivity contribution in [2.75, 3.05) is 17.3 Å². The number of rotatable bonds is 4. The first kappa shape index (κ1) is 18.2. The Labute approximate surface area is 143 Å². The molecular weight excluding hydrogens is 335 g/mol. The molecule has 0 aliphatic carbocycles. The summed E-state index contributed by atoms with van der Waals surface area (Å²) in [5, 5.41) is 11.1. The average molecular weight is 353 g/mol. The largest absolute Gasteiger partial charge is 0.446 e. The van der Waals surface area contributed by atoms with Crippen molar-refractivity contribution in [2.24, 2.45) is 0 Å². The lowest BCUT2D eigenvalue weighted by Crippen LogP contribution is -2.32. The second kappa shape index (κ2) is 7.61. The highest BCUT2D eigenvalue weighted by Gasteiger charge is 2.29. The number of thioether (sulfide) groups is 1. The van der Waals surface area contributed by atoms with Gasteiger partial charge >= 0.3 is 5.51 Å². The number of hydrogen-bond acceptors (Lipinski definition) is 2. The van der Waals surface area contributed by atoms with Crippen LogP contribution in [0, 0.1) is 5.41 Å². The van der Waals surface area contributed by atoms with E-state index in [-0.39, 0.29) is 22.6 Å². The Kier molecular flexibility index (Phi) is 5.77. The zero-order valence-corrected chi connectivity index (χ0v) is 14.1. The summed E-state index contributed by atoms with van der Waals surface area (Å²) in [5.74, 6) is 0.0809. The normalized spacial score (nSPS) is 11.2. The highest BCUT2D eigenvalue weighted by atomic mass is 32.2. The predicted molar refractivity (Wildman–Crippen MR) is 93.9 cm³/mol. The minimum absolute atomic E-state index is 0.0809. The highest BCUT2D eigenvalue weighted by molar-refractivity contribution is 8.00. The van der Waals surface area contributed by atoms with Crippen LogP contribution < -0.4 is 10.2 Å². The molecule has 0 unspecified atom stereocenters. The lowest BCUT2D eigenvalue weighted by molar-refractivity contribution is -0.0328. The number of anilines is 2. The fraction of sp³-hybridized carbons (Fsp3) is 0.235. The zero-order chi connectivity index (χ0) is 17.7. The number of alkyl halides is 3. The minimum atomic E-state index is -4.33. The molecule has 0 atom stereocenters. The molecule has 0 heterocycles. The summed E-state index contributed by atoms with van der Waals surface area (Å²) in [7, 11) is 1.64. The maximum Gasteiger partial charge on any atom is 0.446 e. The van der Waals surface area contributed by atoms with E-state index in [1.807, 2.05) is 31.2 Å². The van der Waals surface area contributed by atoms with Crippen LogP contribution in [0.15, 0.2) is 53.4 Å². The van der Waals surface area contributed by atoms with Crippen LogP contribution in [0.3, 0.4) is 0 Å². The second-order valence-corrected chi connectivity index (χ2v) is 6.27. The molecule has 2 N–H and O–H groups in total. The number of benzene rings is 2. The monoisotopic (exact) mass is 353 g/mol. The average Bonchev–Trinajstić information content (AvgIpc) is 2.53. The summed E-state index contributed by atoms with van der Waals surface area (Å²) in [6.07, 6.45) is 0.884. The molecule has 0 saturated heterocycles. The van der Waals surface area contributed by atoms with Gasteiger partial charge in [-0.15, -0.1) is 0 Å². The molecule has 0 radical (unpaired) electrons. The summed E-state index contributed by atoms with van der Waals surface area (Å²) < 4.78 is 37.5. The van der Waals surface area contributed by atoms with Crippen molar-refractivity contribution in [1.82, 2.24) is 0 Å². The molecule has 2 aromatic rings. The molecule has 0 bridgehead atoms. The molecule has 24 heavy (non-hydrogen) atoms. The van der Waals surface area contributed by atoms with Crippen molar-refractivity contribution >= 4 is 29.1 Å². The third-order valence-corrected chi connectivity index (χ3v) is 4.09. The van der Waals surface area contributed by atoms with Crippen molar-refractivity contribution in [3.8, 4) is 0 Å². The predicted octanol–water partition coefficient (Wildman–Crippen LogP) is 5.34. The zero-order valence-electron chi connectivity index (χ0n) is 13.3. The molecule has 0 fully saturated rings. The molecule has 0 aliphatic heterocycles. The van der Waals surface area contributed by atoms with Crippen molar-refractivity contribution in [2.45, 2.75) is 23.7 Å². The first-order valence-corrected chi connectivity index (χ1v) is 8.14. The van der Waals surface area contributed by atoms with Crippen LogP contribution in [0.25, 0.3) is 0 Å². The van der Waals surface area contributed by atoms with Crippen LogP contribution in [-0.2, 0) is 6.42 Å². The van der Waals surface area contributed by atoms with Gasteiger partial charge in [-0.3, -0.25) is 5.41 Å². The Morgan fingerprint density at radius 1 is 1.17 bits per heavy atom. The molecule has 7 heteroatoms. The van der Waals surface area contributed by atoms with E-state index in [0.717, 1.165) is 17.7 Å². The van der Waals surface area contributed by atoms with Crippen LogP contribution >= 0.6 is 11.8 Å². The van der Waals surface area contributed by atoms with E-state index in [9.17, 15) is 13.2 Å². The Hall–Kier alpha value is -2.15. The minimum Gasteiger partial charge on any atom is -0.326 e. The van der Waals surface area contributed by atoms with Gasteiger partial charge in [-0.25, -0.2) is 0 Å². The maximum absolute atomic E-state index is 12.5. The molecule has 0 amide bonds. The molecule has 0 spiro atoms. The van der Waals surface area contributed by atoms with Crippen molar-refractivity contribution in [3.05, 3.63) is 54.1 Å². The number of aryl methyl sites for hydroxylation is 1. The van der Waals surface area contributed by atoms with Crippen LogP contribution in [0.2, 0.25) is 0 Å². The van der Waals surface area contributed by atoms with E-state index < -0.39 is 5.51 Å². The van der Waals surface area contributed by atoms with Crippen molar-refractivity contribution < 1.29 is 13.2 Å². The summed E-state index contributed by atoms with van der Waals surface area (Å²) in [6, 6.07) is 13.7. The first-order valence-electron chi connectivity index (χ1n) is 7.32. The van der Waals surface area contributed by atoms with Gasteiger partial charge in [0, 0.05) is 23.3 Å². The van der Waals surface area contributed by atoms with E-state index in [4.69, 9.17) is 5.41 Å². The van der Waals surface area contributed by atoms with E-state index in [0.29, 0.717) is 5.69 Å². The fourth-order valence-electron chi connectivity index (χ4n) is 2.11. The topological polar surface area (TPSA) is 39.1 Å². The lowest BCUT2D eigenvalue weighted by atomic mass is 10.1. The van der Waals surface area contributed by atoms with E-state index >= 15 is 0 Å². The first-order chi connectivity index (χ1) is 11.3. The number of nitrogens with one attached hydrogen (secondary N) is 2. The van der Waals surface area contributed by atoms with Gasteiger partial charge in [0.25, 0.3) is 0 Å². The third-order valence-electron chi connectivity index (χ3n) is 3.37. The van der Waals surface area contributed by atoms with Gasteiger partial charge in [-0.1, -0.05) is 25.1 Å². The summed E-state index contributed by atoms with van der Waals surface area (Å²) in [5.41, 5.74) is -1.91. The molecular formula is C17H18F3N3S. The van der Waals surface area contributed by atoms with E-state index in [2.05, 4.69) is 5.32 Å². The quantitative estimate of drug-likeness (QED) is 0.442. The third kappa shape index (κ3) is 5.19. The van der Waals surface area contributed by atoms with Crippen LogP contribution in [0.5, 0.6) is 0 Å². The molecule has 0 aromatic heterocycles. The number of guanidine groups is 1. The van der Waals surface area contributed by atoms with E-state index in [1.165, 1.54) is 17.0 Å². The Morgan fingerprint density at radius 3 is 2.54 bits per heavy atom. The Morgan fingerprint density at radius 2 is 1.88 bits per heavy atom. The summed E-state index contributed by atoms with van der Waals surface area (Å²) in [4.78, 5) is 1.59. The van der Waals surface area contributed by atoms with Crippen LogP contribution in [0.1, 0.15) is 12.5 Å². The second-order valence-electron chi connectivity index (χ2n) is 5.13. The van der Waals surface area contributed by atoms with Gasteiger partial charge < -0.3 is 10.2 Å². The molecule has 0 aliphatic rings. The van der Waals surface area contributed by atoms with Gasteiger partial charge in [-0.2, -0.15) is 13.2 Å². The van der Waals surface area contributed by atoms with Gasteiger partial charge in [0.1, 0.15) is 0 Å². The summed E-state index contributed by atoms with van der Waals surface area (Å²) in [6.45, 7) is 2.04. The smallest absolute Gasteiger partial charge is 0.326 e. The van der Waals surface area contributed by atoms with Crippen molar-refractivity contribution in [1.29, 1.82) is 5.41 Å². The van der Waals surface area contributed by atoms with Gasteiger partial charge in [0.05, 0.1) is 0 Å². The molecule has 128 valence electrons. The SMILES string of the molecule is CCc1cccc(NC(=N)N(C)c2cccc(SC(F)(F)F)c2)c1. The number of nitrogens with zero attached hydrogens (tertiary/aromatic N) is 1. The Bertz CT molecular complexity index is 716. The standard InChI is InChI=1S/C17H18F3N3S/c1-3-12-6-4-7-13(10-12)22-16(21)23(2)14-8-5-9-15(11-14)24-17(18,19)20/h4-11H,3H2,1-2H3,(H2,21,22). The van der Waals surface area contributed by atoms with Gasteiger partial charge in [-0.05, 0) is 54.1 Å². The molecule has 2 rings (SSSR count). The Balaban J connectivity index is 2.11. The van der Waals surface area contributed by atoms with Crippen LogP contribution in [-0.4, -0.2) is 18.5 Å². The van der Waals surface area contributed by atoms with E-state index in [1.54, 1.807) is 19.2 Å². The molecule has 0 saturated carbocycles. The van der Waals surface area contributed by atoms with Gasteiger partial charge in [0.2, 0.25) is 0 Å². The highest BCUT2D eigenvalue weighted by Crippen LogP contribution is 2.37. The number of halogens is 3. The molecule has 3 nitrogen and oxygen atoms in total. The van der Waals surface area contributed by atoms with Crippen LogP contribution in [0.4, 0.5) is 24.5 Å². The van der Waals surface area contributed by atoms with Crippen molar-refractivity contribution in [3.63, 3.8) is 0 Å².